The van der Waals surface area contributed by atoms with Gasteiger partial charge in [-0.25, -0.2) is 4.39 Å². The SMILES string of the molecule is CC(C)CC(CNC(=O)C(C)SCC(=O)Nc1ccc(F)cc1)C(=O)O. The Morgan fingerprint density at radius 3 is 2.31 bits per heavy atom. The Kier molecular flexibility index (Phi) is 9.12. The molecule has 1 aromatic carbocycles. The number of anilines is 1. The Hall–Kier alpha value is -2.09. The predicted octanol–water partition coefficient (Wildman–Crippen LogP) is 2.75. The zero-order valence-corrected chi connectivity index (χ0v) is 15.9. The van der Waals surface area contributed by atoms with Gasteiger partial charge in [-0.3, -0.25) is 14.4 Å². The number of hydrogen-bond acceptors (Lipinski definition) is 4. The maximum atomic E-state index is 12.8. The van der Waals surface area contributed by atoms with E-state index in [0.29, 0.717) is 12.1 Å². The van der Waals surface area contributed by atoms with Crippen LogP contribution < -0.4 is 10.6 Å². The van der Waals surface area contributed by atoms with Crippen LogP contribution in [0.25, 0.3) is 0 Å². The van der Waals surface area contributed by atoms with Gasteiger partial charge in [0.15, 0.2) is 0 Å². The number of rotatable bonds is 10. The molecule has 1 rings (SSSR count). The molecule has 0 fully saturated rings. The maximum absolute atomic E-state index is 12.8. The summed E-state index contributed by atoms with van der Waals surface area (Å²) >= 11 is 1.14. The highest BCUT2D eigenvalue weighted by molar-refractivity contribution is 8.01. The Labute approximate surface area is 156 Å². The minimum atomic E-state index is -0.932. The molecule has 2 amide bonds. The molecule has 1 aromatic rings. The molecule has 0 spiro atoms. The van der Waals surface area contributed by atoms with Gasteiger partial charge in [0.2, 0.25) is 11.8 Å². The topological polar surface area (TPSA) is 95.5 Å². The van der Waals surface area contributed by atoms with Crippen LogP contribution in [0.15, 0.2) is 24.3 Å². The molecule has 0 aliphatic rings. The zero-order valence-electron chi connectivity index (χ0n) is 15.1. The van der Waals surface area contributed by atoms with Crippen LogP contribution in [-0.4, -0.2) is 40.4 Å². The highest BCUT2D eigenvalue weighted by Gasteiger charge is 2.22. The lowest BCUT2D eigenvalue weighted by molar-refractivity contribution is -0.142. The molecule has 26 heavy (non-hydrogen) atoms. The first-order chi connectivity index (χ1) is 12.2. The number of halogens is 1. The van der Waals surface area contributed by atoms with Crippen molar-refractivity contribution in [3.8, 4) is 0 Å². The number of thioether (sulfide) groups is 1. The Morgan fingerprint density at radius 1 is 1.15 bits per heavy atom. The van der Waals surface area contributed by atoms with Crippen molar-refractivity contribution in [3.63, 3.8) is 0 Å². The summed E-state index contributed by atoms with van der Waals surface area (Å²) in [4.78, 5) is 35.1. The van der Waals surface area contributed by atoms with Gasteiger partial charge in [-0.2, -0.15) is 0 Å². The van der Waals surface area contributed by atoms with E-state index in [4.69, 9.17) is 0 Å². The third-order valence-electron chi connectivity index (χ3n) is 3.59. The van der Waals surface area contributed by atoms with Crippen LogP contribution in [0, 0.1) is 17.7 Å². The number of hydrogen-bond donors (Lipinski definition) is 3. The quantitative estimate of drug-likeness (QED) is 0.576. The zero-order chi connectivity index (χ0) is 19.7. The van der Waals surface area contributed by atoms with Crippen molar-refractivity contribution in [2.24, 2.45) is 11.8 Å². The van der Waals surface area contributed by atoms with Gasteiger partial charge in [0.05, 0.1) is 16.9 Å². The van der Waals surface area contributed by atoms with E-state index in [0.717, 1.165) is 11.8 Å². The Bertz CT molecular complexity index is 622. The van der Waals surface area contributed by atoms with Crippen LogP contribution in [0.5, 0.6) is 0 Å². The lowest BCUT2D eigenvalue weighted by atomic mass is 9.97. The van der Waals surface area contributed by atoms with E-state index in [1.807, 2.05) is 13.8 Å². The van der Waals surface area contributed by atoms with Gasteiger partial charge in [-0.1, -0.05) is 13.8 Å². The van der Waals surface area contributed by atoms with Gasteiger partial charge >= 0.3 is 5.97 Å². The molecule has 8 heteroatoms. The smallest absolute Gasteiger partial charge is 0.308 e. The molecule has 0 aromatic heterocycles. The maximum Gasteiger partial charge on any atom is 0.308 e. The molecule has 2 unspecified atom stereocenters. The lowest BCUT2D eigenvalue weighted by Crippen LogP contribution is -2.38. The van der Waals surface area contributed by atoms with E-state index in [2.05, 4.69) is 10.6 Å². The van der Waals surface area contributed by atoms with Crippen LogP contribution in [0.3, 0.4) is 0 Å². The van der Waals surface area contributed by atoms with Crippen LogP contribution in [0.4, 0.5) is 10.1 Å². The van der Waals surface area contributed by atoms with E-state index in [1.54, 1.807) is 6.92 Å². The molecular weight excluding hydrogens is 359 g/mol. The summed E-state index contributed by atoms with van der Waals surface area (Å²) in [6.07, 6.45) is 0.483. The van der Waals surface area contributed by atoms with Crippen molar-refractivity contribution < 1.29 is 23.9 Å². The molecule has 0 radical (unpaired) electrons. The molecule has 0 aliphatic carbocycles. The second-order valence-corrected chi connectivity index (χ2v) is 7.75. The highest BCUT2D eigenvalue weighted by atomic mass is 32.2. The van der Waals surface area contributed by atoms with Crippen LogP contribution in [0.1, 0.15) is 27.2 Å². The second kappa shape index (κ2) is 10.8. The molecule has 144 valence electrons. The first kappa shape index (κ1) is 22.0. The van der Waals surface area contributed by atoms with Crippen LogP contribution in [-0.2, 0) is 14.4 Å². The van der Waals surface area contributed by atoms with E-state index >= 15 is 0 Å². The third kappa shape index (κ3) is 8.33. The fraction of sp³-hybridized carbons (Fsp3) is 0.500. The fourth-order valence-corrected chi connectivity index (χ4v) is 2.92. The summed E-state index contributed by atoms with van der Waals surface area (Å²) in [5.41, 5.74) is 0.479. The summed E-state index contributed by atoms with van der Waals surface area (Å²) < 4.78 is 12.8. The van der Waals surface area contributed by atoms with Crippen LogP contribution in [0.2, 0.25) is 0 Å². The molecule has 0 heterocycles. The summed E-state index contributed by atoms with van der Waals surface area (Å²) in [5.74, 6) is -2.28. The monoisotopic (exact) mass is 384 g/mol. The summed E-state index contributed by atoms with van der Waals surface area (Å²) in [6, 6.07) is 5.40. The number of carboxylic acids is 1. The summed E-state index contributed by atoms with van der Waals surface area (Å²) in [7, 11) is 0. The van der Waals surface area contributed by atoms with Crippen molar-refractivity contribution in [1.82, 2.24) is 5.32 Å². The van der Waals surface area contributed by atoms with E-state index in [1.165, 1.54) is 24.3 Å². The van der Waals surface area contributed by atoms with Crippen molar-refractivity contribution in [2.75, 3.05) is 17.6 Å². The average Bonchev–Trinajstić information content (AvgIpc) is 2.57. The summed E-state index contributed by atoms with van der Waals surface area (Å²) in [6.45, 7) is 5.58. The first-order valence-corrected chi connectivity index (χ1v) is 9.41. The van der Waals surface area contributed by atoms with Crippen molar-refractivity contribution >= 4 is 35.2 Å². The van der Waals surface area contributed by atoms with E-state index in [9.17, 15) is 23.9 Å². The Balaban J connectivity index is 2.37. The lowest BCUT2D eigenvalue weighted by Gasteiger charge is -2.17. The standard InChI is InChI=1S/C18H25FN2O4S/c1-11(2)8-13(18(24)25)9-20-17(23)12(3)26-10-16(22)21-15-6-4-14(19)5-7-15/h4-7,11-13H,8-10H2,1-3H3,(H,20,23)(H,21,22)(H,24,25). The van der Waals surface area contributed by atoms with Gasteiger partial charge in [0.1, 0.15) is 5.82 Å². The normalized spacial score (nSPS) is 13.1. The van der Waals surface area contributed by atoms with Gasteiger partial charge < -0.3 is 15.7 Å². The molecule has 0 saturated carbocycles. The van der Waals surface area contributed by atoms with Crippen molar-refractivity contribution in [1.29, 1.82) is 0 Å². The van der Waals surface area contributed by atoms with Gasteiger partial charge in [0.25, 0.3) is 0 Å². The number of benzene rings is 1. The van der Waals surface area contributed by atoms with Gasteiger partial charge in [0, 0.05) is 12.2 Å². The highest BCUT2D eigenvalue weighted by Crippen LogP contribution is 2.14. The second-order valence-electron chi connectivity index (χ2n) is 6.42. The predicted molar refractivity (Wildman–Crippen MR) is 101 cm³/mol. The van der Waals surface area contributed by atoms with Gasteiger partial charge in [-0.05, 0) is 43.5 Å². The van der Waals surface area contributed by atoms with Gasteiger partial charge in [-0.15, -0.1) is 11.8 Å². The third-order valence-corrected chi connectivity index (χ3v) is 4.73. The molecule has 2 atom stereocenters. The molecule has 0 saturated heterocycles. The van der Waals surface area contributed by atoms with E-state index in [-0.39, 0.29) is 35.8 Å². The number of carbonyl (C=O) groups excluding carboxylic acids is 2. The number of aliphatic carboxylic acids is 1. The van der Waals surface area contributed by atoms with Crippen molar-refractivity contribution in [3.05, 3.63) is 30.1 Å². The molecule has 0 aliphatic heterocycles. The Morgan fingerprint density at radius 2 is 1.77 bits per heavy atom. The molecule has 0 bridgehead atoms. The van der Waals surface area contributed by atoms with Crippen molar-refractivity contribution in [2.45, 2.75) is 32.4 Å². The van der Waals surface area contributed by atoms with E-state index < -0.39 is 17.1 Å². The molecule has 3 N–H and O–H groups in total. The average molecular weight is 384 g/mol. The number of nitrogens with one attached hydrogen (secondary N) is 2. The summed E-state index contributed by atoms with van der Waals surface area (Å²) in [5, 5.41) is 13.9. The van der Waals surface area contributed by atoms with Crippen LogP contribution >= 0.6 is 11.8 Å². The fourth-order valence-electron chi connectivity index (χ4n) is 2.21. The number of amides is 2. The minimum Gasteiger partial charge on any atom is -0.481 e. The molecule has 6 nitrogen and oxygen atoms in total. The number of carboxylic acid groups (broad SMARTS) is 1. The largest absolute Gasteiger partial charge is 0.481 e. The number of carbonyl (C=O) groups is 3. The first-order valence-electron chi connectivity index (χ1n) is 8.36. The minimum absolute atomic E-state index is 0.0559. The molecular formula is C18H25FN2O4S.